The first kappa shape index (κ1) is 17.8. The van der Waals surface area contributed by atoms with Gasteiger partial charge in [0.25, 0.3) is 0 Å². The number of nitriles is 1. The Morgan fingerprint density at radius 3 is 2.04 bits per heavy atom. The fourth-order valence-electron chi connectivity index (χ4n) is 2.97. The Kier molecular flexibility index (Phi) is 5.05. The smallest absolute Gasteiger partial charge is 0.238 e. The molecule has 0 aliphatic rings. The fraction of sp³-hybridized carbons (Fsp3) is 0. The lowest BCUT2D eigenvalue weighted by Gasteiger charge is -2.03. The van der Waals surface area contributed by atoms with Crippen LogP contribution in [0.5, 0.6) is 0 Å². The lowest BCUT2D eigenvalue weighted by atomic mass is 9.98. The summed E-state index contributed by atoms with van der Waals surface area (Å²) in [5.41, 5.74) is 3.83. The summed E-state index contributed by atoms with van der Waals surface area (Å²) in [6, 6.07) is 29.1. The molecule has 0 amide bonds. The van der Waals surface area contributed by atoms with Gasteiger partial charge in [0.15, 0.2) is 0 Å². The van der Waals surface area contributed by atoms with Crippen molar-refractivity contribution in [3.05, 3.63) is 101 Å². The van der Waals surface area contributed by atoms with E-state index in [2.05, 4.69) is 11.1 Å². The monoisotopic (exact) mass is 382 g/mol. The molecule has 0 aliphatic carbocycles. The highest BCUT2D eigenvalue weighted by molar-refractivity contribution is 6.30. The van der Waals surface area contributed by atoms with Gasteiger partial charge in [-0.3, -0.25) is 0 Å². The SMILES string of the molecule is N#Cc1c(N=Cc2ccc(Cl)cc2)oc(-c2ccccc2)c1-c1ccccc1. The van der Waals surface area contributed by atoms with Crippen molar-refractivity contribution in [1.29, 1.82) is 5.26 Å². The Morgan fingerprint density at radius 1 is 0.821 bits per heavy atom. The highest BCUT2D eigenvalue weighted by atomic mass is 35.5. The standard InChI is InChI=1S/C24H15ClN2O/c25-20-13-11-17(12-14-20)16-27-24-21(15-26)22(18-7-3-1-4-8-18)23(28-24)19-9-5-2-6-10-19/h1-14,16H. The van der Waals surface area contributed by atoms with Crippen molar-refractivity contribution < 1.29 is 4.42 Å². The predicted octanol–water partition coefficient (Wildman–Crippen LogP) is 6.89. The van der Waals surface area contributed by atoms with E-state index < -0.39 is 0 Å². The van der Waals surface area contributed by atoms with E-state index in [0.717, 1.165) is 22.3 Å². The van der Waals surface area contributed by atoms with Crippen molar-refractivity contribution >= 4 is 23.7 Å². The van der Waals surface area contributed by atoms with E-state index in [-0.39, 0.29) is 5.88 Å². The first-order valence-corrected chi connectivity index (χ1v) is 9.11. The van der Waals surface area contributed by atoms with E-state index in [1.54, 1.807) is 18.3 Å². The van der Waals surface area contributed by atoms with Crippen molar-refractivity contribution in [2.75, 3.05) is 0 Å². The molecule has 4 aromatic rings. The molecule has 0 radical (unpaired) electrons. The molecular weight excluding hydrogens is 368 g/mol. The second kappa shape index (κ2) is 7.96. The number of aliphatic imine (C=N–C) groups is 1. The molecule has 3 nitrogen and oxygen atoms in total. The average Bonchev–Trinajstić information content (AvgIpc) is 3.13. The number of nitrogens with zero attached hydrogens (tertiary/aromatic N) is 2. The van der Waals surface area contributed by atoms with Crippen LogP contribution in [0.4, 0.5) is 5.88 Å². The summed E-state index contributed by atoms with van der Waals surface area (Å²) in [4.78, 5) is 4.45. The number of hydrogen-bond acceptors (Lipinski definition) is 3. The van der Waals surface area contributed by atoms with Crippen LogP contribution in [0.3, 0.4) is 0 Å². The van der Waals surface area contributed by atoms with Gasteiger partial charge in [0.1, 0.15) is 17.4 Å². The average molecular weight is 383 g/mol. The molecule has 0 bridgehead atoms. The first-order valence-electron chi connectivity index (χ1n) is 8.73. The van der Waals surface area contributed by atoms with Crippen LogP contribution in [0.1, 0.15) is 11.1 Å². The Bertz CT molecular complexity index is 1160. The quantitative estimate of drug-likeness (QED) is 0.361. The lowest BCUT2D eigenvalue weighted by molar-refractivity contribution is 0.593. The zero-order valence-electron chi connectivity index (χ0n) is 14.8. The van der Waals surface area contributed by atoms with Gasteiger partial charge in [-0.05, 0) is 23.3 Å². The number of furan rings is 1. The Morgan fingerprint density at radius 2 is 1.43 bits per heavy atom. The lowest BCUT2D eigenvalue weighted by Crippen LogP contribution is -1.83. The molecule has 0 aliphatic heterocycles. The van der Waals surface area contributed by atoms with Crippen LogP contribution in [-0.2, 0) is 0 Å². The maximum atomic E-state index is 9.85. The third-order valence-electron chi connectivity index (χ3n) is 4.30. The molecule has 0 saturated carbocycles. The summed E-state index contributed by atoms with van der Waals surface area (Å²) < 4.78 is 6.08. The molecule has 0 spiro atoms. The molecule has 0 atom stereocenters. The normalized spacial score (nSPS) is 10.9. The number of rotatable bonds is 4. The van der Waals surface area contributed by atoms with Crippen LogP contribution in [0.25, 0.3) is 22.5 Å². The molecule has 4 rings (SSSR count). The molecule has 28 heavy (non-hydrogen) atoms. The number of benzene rings is 3. The number of halogens is 1. The summed E-state index contributed by atoms with van der Waals surface area (Å²) in [7, 11) is 0. The molecule has 3 aromatic carbocycles. The number of hydrogen-bond donors (Lipinski definition) is 0. The van der Waals surface area contributed by atoms with Gasteiger partial charge in [-0.25, -0.2) is 4.99 Å². The van der Waals surface area contributed by atoms with Gasteiger partial charge in [0.2, 0.25) is 5.88 Å². The maximum absolute atomic E-state index is 9.85. The third-order valence-corrected chi connectivity index (χ3v) is 4.55. The topological polar surface area (TPSA) is 49.3 Å². The molecule has 0 N–H and O–H groups in total. The molecule has 0 saturated heterocycles. The Balaban J connectivity index is 1.87. The van der Waals surface area contributed by atoms with Gasteiger partial charge in [0.05, 0.1) is 0 Å². The van der Waals surface area contributed by atoms with E-state index in [4.69, 9.17) is 16.0 Å². The third kappa shape index (κ3) is 3.59. The van der Waals surface area contributed by atoms with Crippen LogP contribution in [0.2, 0.25) is 5.02 Å². The summed E-state index contributed by atoms with van der Waals surface area (Å²) in [5.74, 6) is 0.918. The fourth-order valence-corrected chi connectivity index (χ4v) is 3.09. The van der Waals surface area contributed by atoms with Gasteiger partial charge in [-0.2, -0.15) is 5.26 Å². The molecule has 1 aromatic heterocycles. The highest BCUT2D eigenvalue weighted by Gasteiger charge is 2.22. The minimum atomic E-state index is 0.287. The van der Waals surface area contributed by atoms with Crippen LogP contribution in [-0.4, -0.2) is 6.21 Å². The molecule has 0 fully saturated rings. The van der Waals surface area contributed by atoms with E-state index >= 15 is 0 Å². The van der Waals surface area contributed by atoms with E-state index in [9.17, 15) is 5.26 Å². The van der Waals surface area contributed by atoms with Crippen molar-refractivity contribution in [3.63, 3.8) is 0 Å². The maximum Gasteiger partial charge on any atom is 0.238 e. The summed E-state index contributed by atoms with van der Waals surface area (Å²) in [5, 5.41) is 10.5. The molecule has 134 valence electrons. The second-order valence-electron chi connectivity index (χ2n) is 6.14. The minimum absolute atomic E-state index is 0.287. The van der Waals surface area contributed by atoms with E-state index in [0.29, 0.717) is 16.3 Å². The molecule has 0 unspecified atom stereocenters. The summed E-state index contributed by atoms with van der Waals surface area (Å²) in [6.07, 6.45) is 1.67. The zero-order valence-corrected chi connectivity index (χ0v) is 15.6. The first-order chi connectivity index (χ1) is 13.8. The van der Waals surface area contributed by atoms with Crippen LogP contribution in [0.15, 0.2) is 94.3 Å². The summed E-state index contributed by atoms with van der Waals surface area (Å²) >= 11 is 5.93. The van der Waals surface area contributed by atoms with Crippen LogP contribution >= 0.6 is 11.6 Å². The van der Waals surface area contributed by atoms with Crippen molar-refractivity contribution in [2.45, 2.75) is 0 Å². The largest absolute Gasteiger partial charge is 0.436 e. The molecule has 4 heteroatoms. The summed E-state index contributed by atoms with van der Waals surface area (Å²) in [6.45, 7) is 0. The van der Waals surface area contributed by atoms with Crippen molar-refractivity contribution in [1.82, 2.24) is 0 Å². The van der Waals surface area contributed by atoms with Gasteiger partial charge in [-0.15, -0.1) is 0 Å². The predicted molar refractivity (Wildman–Crippen MR) is 113 cm³/mol. The molecular formula is C24H15ClN2O. The van der Waals surface area contributed by atoms with Crippen molar-refractivity contribution in [2.24, 2.45) is 4.99 Å². The minimum Gasteiger partial charge on any atom is -0.436 e. The van der Waals surface area contributed by atoms with Crippen molar-refractivity contribution in [3.8, 4) is 28.5 Å². The van der Waals surface area contributed by atoms with Gasteiger partial charge >= 0.3 is 0 Å². The van der Waals surface area contributed by atoms with Crippen LogP contribution < -0.4 is 0 Å². The van der Waals surface area contributed by atoms with Gasteiger partial charge in [-0.1, -0.05) is 84.4 Å². The highest BCUT2D eigenvalue weighted by Crippen LogP contribution is 2.42. The van der Waals surface area contributed by atoms with Crippen LogP contribution in [0, 0.1) is 11.3 Å². The Labute approximate surface area is 168 Å². The van der Waals surface area contributed by atoms with Gasteiger partial charge < -0.3 is 4.42 Å². The second-order valence-corrected chi connectivity index (χ2v) is 6.58. The van der Waals surface area contributed by atoms with E-state index in [1.807, 2.05) is 72.8 Å². The van der Waals surface area contributed by atoms with Gasteiger partial charge in [0, 0.05) is 22.4 Å². The zero-order chi connectivity index (χ0) is 19.3. The molecule has 1 heterocycles. The Hall–Kier alpha value is -3.61. The van der Waals surface area contributed by atoms with E-state index in [1.165, 1.54) is 0 Å².